The molecule has 0 spiro atoms. The molecule has 0 bridgehead atoms. The summed E-state index contributed by atoms with van der Waals surface area (Å²) in [7, 11) is 2.14. The van der Waals surface area contributed by atoms with Crippen molar-refractivity contribution in [1.82, 2.24) is 14.7 Å². The molecule has 19 heavy (non-hydrogen) atoms. The minimum Gasteiger partial charge on any atom is -0.392 e. The van der Waals surface area contributed by atoms with Crippen LogP contribution in [0.5, 0.6) is 0 Å². The molecule has 0 aromatic heterocycles. The van der Waals surface area contributed by atoms with E-state index in [9.17, 15) is 4.79 Å². The lowest BCUT2D eigenvalue weighted by atomic mass is 9.84. The third kappa shape index (κ3) is 2.90. The lowest BCUT2D eigenvalue weighted by molar-refractivity contribution is -0.131. The second kappa shape index (κ2) is 5.73. The molecular formula is C13H24N4OS. The van der Waals surface area contributed by atoms with E-state index in [0.717, 1.165) is 52.1 Å². The highest BCUT2D eigenvalue weighted by Crippen LogP contribution is 2.30. The molecule has 2 aliphatic heterocycles. The number of likely N-dealkylation sites (tertiary alicyclic amines) is 1. The van der Waals surface area contributed by atoms with Crippen LogP contribution < -0.4 is 5.73 Å². The van der Waals surface area contributed by atoms with Crippen LogP contribution in [0.15, 0.2) is 0 Å². The molecule has 2 rings (SSSR count). The van der Waals surface area contributed by atoms with Crippen LogP contribution in [0.25, 0.3) is 0 Å². The van der Waals surface area contributed by atoms with Gasteiger partial charge < -0.3 is 15.5 Å². The third-order valence-electron chi connectivity index (χ3n) is 4.60. The highest BCUT2D eigenvalue weighted by atomic mass is 32.1. The monoisotopic (exact) mass is 284 g/mol. The maximum Gasteiger partial charge on any atom is 0.219 e. The van der Waals surface area contributed by atoms with Crippen LogP contribution in [0.1, 0.15) is 19.8 Å². The summed E-state index contributed by atoms with van der Waals surface area (Å²) in [5, 5.41) is 0. The first kappa shape index (κ1) is 14.7. The quantitative estimate of drug-likeness (QED) is 0.718. The van der Waals surface area contributed by atoms with Gasteiger partial charge in [-0.3, -0.25) is 9.69 Å². The van der Waals surface area contributed by atoms with Crippen molar-refractivity contribution >= 4 is 23.1 Å². The van der Waals surface area contributed by atoms with Crippen molar-refractivity contribution in [3.8, 4) is 0 Å². The predicted molar refractivity (Wildman–Crippen MR) is 80.1 cm³/mol. The van der Waals surface area contributed by atoms with Crippen LogP contribution >= 0.6 is 12.2 Å². The molecule has 1 amide bonds. The van der Waals surface area contributed by atoms with E-state index >= 15 is 0 Å². The molecule has 2 N–H and O–H groups in total. The van der Waals surface area contributed by atoms with E-state index in [4.69, 9.17) is 18.0 Å². The fraction of sp³-hybridized carbons (Fsp3) is 0.846. The summed E-state index contributed by atoms with van der Waals surface area (Å²) in [5.41, 5.74) is 5.88. The Labute approximate surface area is 120 Å². The average molecular weight is 284 g/mol. The zero-order valence-electron chi connectivity index (χ0n) is 11.9. The van der Waals surface area contributed by atoms with Gasteiger partial charge in [0, 0.05) is 46.2 Å². The summed E-state index contributed by atoms with van der Waals surface area (Å²) in [6, 6.07) is 0. The SMILES string of the molecule is CC(=O)N1CCC(C(N)=S)(N2CCN(C)CC2)CC1. The van der Waals surface area contributed by atoms with Gasteiger partial charge in [-0.1, -0.05) is 12.2 Å². The van der Waals surface area contributed by atoms with Crippen LogP contribution in [0.3, 0.4) is 0 Å². The molecule has 6 heteroatoms. The standard InChI is InChI=1S/C13H24N4OS/c1-11(18)16-5-3-13(4-6-16,12(14)19)17-9-7-15(2)8-10-17/h3-10H2,1-2H3,(H2,14,19). The van der Waals surface area contributed by atoms with Gasteiger partial charge in [-0.05, 0) is 19.9 Å². The van der Waals surface area contributed by atoms with Crippen LogP contribution in [0.2, 0.25) is 0 Å². The molecule has 0 aromatic rings. The zero-order valence-corrected chi connectivity index (χ0v) is 12.7. The number of nitrogens with two attached hydrogens (primary N) is 1. The highest BCUT2D eigenvalue weighted by Gasteiger charge is 2.43. The van der Waals surface area contributed by atoms with Crippen LogP contribution in [0, 0.1) is 0 Å². The molecule has 5 nitrogen and oxygen atoms in total. The summed E-state index contributed by atoms with van der Waals surface area (Å²) < 4.78 is 0. The second-order valence-corrected chi connectivity index (χ2v) is 6.13. The number of thiocarbonyl (C=S) groups is 1. The molecule has 2 heterocycles. The van der Waals surface area contributed by atoms with Crippen molar-refractivity contribution in [2.75, 3.05) is 46.3 Å². The Bertz CT molecular complexity index is 358. The number of piperazine rings is 1. The van der Waals surface area contributed by atoms with Gasteiger partial charge in [-0.2, -0.15) is 0 Å². The molecule has 108 valence electrons. The number of rotatable bonds is 2. The lowest BCUT2D eigenvalue weighted by Gasteiger charge is -2.50. The molecule has 2 aliphatic rings. The van der Waals surface area contributed by atoms with E-state index in [2.05, 4.69) is 16.8 Å². The van der Waals surface area contributed by atoms with Gasteiger partial charge in [-0.15, -0.1) is 0 Å². The number of carbonyl (C=O) groups excluding carboxylic acids is 1. The Morgan fingerprint density at radius 2 is 1.63 bits per heavy atom. The van der Waals surface area contributed by atoms with Gasteiger partial charge in [-0.25, -0.2) is 0 Å². The van der Waals surface area contributed by atoms with E-state index in [0.29, 0.717) is 4.99 Å². The molecular weight excluding hydrogens is 260 g/mol. The lowest BCUT2D eigenvalue weighted by Crippen LogP contribution is -2.65. The third-order valence-corrected chi connectivity index (χ3v) is 4.98. The Balaban J connectivity index is 2.08. The smallest absolute Gasteiger partial charge is 0.219 e. The molecule has 0 radical (unpaired) electrons. The molecule has 0 unspecified atom stereocenters. The van der Waals surface area contributed by atoms with Gasteiger partial charge in [0.05, 0.1) is 10.5 Å². The summed E-state index contributed by atoms with van der Waals surface area (Å²) >= 11 is 5.36. The van der Waals surface area contributed by atoms with Crippen molar-refractivity contribution in [1.29, 1.82) is 0 Å². The fourth-order valence-electron chi connectivity index (χ4n) is 3.14. The molecule has 0 aliphatic carbocycles. The van der Waals surface area contributed by atoms with E-state index in [1.165, 1.54) is 0 Å². The second-order valence-electron chi connectivity index (χ2n) is 5.69. The largest absolute Gasteiger partial charge is 0.392 e. The summed E-state index contributed by atoms with van der Waals surface area (Å²) in [6.45, 7) is 7.28. The summed E-state index contributed by atoms with van der Waals surface area (Å²) in [4.78, 5) is 18.7. The molecule has 0 saturated carbocycles. The topological polar surface area (TPSA) is 52.8 Å². The van der Waals surface area contributed by atoms with E-state index in [1.807, 2.05) is 4.90 Å². The van der Waals surface area contributed by atoms with Crippen molar-refractivity contribution < 1.29 is 4.79 Å². The van der Waals surface area contributed by atoms with Crippen LogP contribution in [-0.2, 0) is 4.79 Å². The highest BCUT2D eigenvalue weighted by molar-refractivity contribution is 7.80. The van der Waals surface area contributed by atoms with Crippen LogP contribution in [-0.4, -0.2) is 77.5 Å². The van der Waals surface area contributed by atoms with Gasteiger partial charge in [0.15, 0.2) is 0 Å². The molecule has 2 saturated heterocycles. The minimum absolute atomic E-state index is 0.148. The van der Waals surface area contributed by atoms with Crippen molar-refractivity contribution in [3.05, 3.63) is 0 Å². The fourth-order valence-corrected chi connectivity index (χ4v) is 3.48. The van der Waals surface area contributed by atoms with Gasteiger partial charge in [0.25, 0.3) is 0 Å². The van der Waals surface area contributed by atoms with Crippen LogP contribution in [0.4, 0.5) is 0 Å². The van der Waals surface area contributed by atoms with E-state index in [-0.39, 0.29) is 11.4 Å². The molecule has 0 atom stereocenters. The number of carbonyl (C=O) groups is 1. The Hall–Kier alpha value is -0.720. The minimum atomic E-state index is -0.178. The maximum absolute atomic E-state index is 11.4. The number of piperidine rings is 1. The normalized spacial score (nSPS) is 25.3. The van der Waals surface area contributed by atoms with Gasteiger partial charge in [0.2, 0.25) is 5.91 Å². The van der Waals surface area contributed by atoms with Crippen molar-refractivity contribution in [3.63, 3.8) is 0 Å². The Morgan fingerprint density at radius 3 is 2.05 bits per heavy atom. The van der Waals surface area contributed by atoms with Gasteiger partial charge in [0.1, 0.15) is 0 Å². The number of hydrogen-bond acceptors (Lipinski definition) is 4. The first-order chi connectivity index (χ1) is 8.95. The number of likely N-dealkylation sites (N-methyl/N-ethyl adjacent to an activating group) is 1. The Kier molecular flexibility index (Phi) is 4.43. The Morgan fingerprint density at radius 1 is 1.11 bits per heavy atom. The number of nitrogens with zero attached hydrogens (tertiary/aromatic N) is 3. The van der Waals surface area contributed by atoms with E-state index < -0.39 is 0 Å². The molecule has 2 fully saturated rings. The maximum atomic E-state index is 11.4. The predicted octanol–water partition coefficient (Wildman–Crippen LogP) is -0.0990. The summed E-state index contributed by atoms with van der Waals surface area (Å²) in [6.07, 6.45) is 1.73. The number of hydrogen-bond donors (Lipinski definition) is 1. The molecule has 0 aromatic carbocycles. The first-order valence-corrected chi connectivity index (χ1v) is 7.35. The zero-order chi connectivity index (χ0) is 14.0. The number of amides is 1. The summed E-state index contributed by atoms with van der Waals surface area (Å²) in [5.74, 6) is 0.148. The first-order valence-electron chi connectivity index (χ1n) is 6.95. The van der Waals surface area contributed by atoms with Crippen molar-refractivity contribution in [2.45, 2.75) is 25.3 Å². The van der Waals surface area contributed by atoms with E-state index in [1.54, 1.807) is 6.92 Å². The van der Waals surface area contributed by atoms with Crippen molar-refractivity contribution in [2.24, 2.45) is 5.73 Å². The average Bonchev–Trinajstić information content (AvgIpc) is 2.39. The van der Waals surface area contributed by atoms with Gasteiger partial charge >= 0.3 is 0 Å².